The van der Waals surface area contributed by atoms with Gasteiger partial charge in [0.15, 0.2) is 17.5 Å². The van der Waals surface area contributed by atoms with Crippen LogP contribution >= 0.6 is 24.0 Å². The minimum atomic E-state index is -2.97. The highest BCUT2D eigenvalue weighted by molar-refractivity contribution is 14.0. The molecule has 1 atom stereocenters. The van der Waals surface area contributed by atoms with E-state index in [2.05, 4.69) is 25.1 Å². The number of esters is 1. The van der Waals surface area contributed by atoms with E-state index in [0.717, 1.165) is 0 Å². The number of carbonyl (C=O) groups is 1. The van der Waals surface area contributed by atoms with E-state index in [-0.39, 0.29) is 53.9 Å². The van der Waals surface area contributed by atoms with Crippen molar-refractivity contribution in [3.8, 4) is 11.5 Å². The molecule has 0 spiro atoms. The summed E-state index contributed by atoms with van der Waals surface area (Å²) in [5.74, 6) is -0.0500. The number of aliphatic imine (C=N–C) groups is 1. The molecule has 1 unspecified atom stereocenters. The summed E-state index contributed by atoms with van der Waals surface area (Å²) in [6.45, 7) is 3.72. The molecule has 0 saturated carbocycles. The number of halogens is 3. The normalized spacial score (nSPS) is 12.0. The Kier molecular flexibility index (Phi) is 13.3. The van der Waals surface area contributed by atoms with Crippen molar-refractivity contribution in [2.75, 3.05) is 26.8 Å². The minimum Gasteiger partial charge on any atom is -0.490 e. The number of benzene rings is 1. The lowest BCUT2D eigenvalue weighted by molar-refractivity contribution is -0.144. The molecule has 0 aliphatic carbocycles. The predicted octanol–water partition coefficient (Wildman–Crippen LogP) is 3.17. The molecule has 0 aliphatic rings. The minimum absolute atomic E-state index is 0. The van der Waals surface area contributed by atoms with E-state index in [0.29, 0.717) is 31.2 Å². The van der Waals surface area contributed by atoms with Gasteiger partial charge in [-0.1, -0.05) is 19.1 Å². The summed E-state index contributed by atoms with van der Waals surface area (Å²) in [6, 6.07) is 4.90. The lowest BCUT2D eigenvalue weighted by Gasteiger charge is -2.16. The van der Waals surface area contributed by atoms with Crippen LogP contribution in [0.3, 0.4) is 0 Å². The number of nitrogens with one attached hydrogen (secondary N) is 2. The van der Waals surface area contributed by atoms with Gasteiger partial charge in [-0.15, -0.1) is 24.0 Å². The number of carbonyl (C=O) groups excluding carboxylic acids is 1. The fraction of sp³-hybridized carbons (Fsp3) is 0.556. The van der Waals surface area contributed by atoms with E-state index >= 15 is 0 Å². The molecule has 7 nitrogen and oxygen atoms in total. The first-order valence-electron chi connectivity index (χ1n) is 8.72. The molecule has 0 bridgehead atoms. The second-order valence-electron chi connectivity index (χ2n) is 5.56. The van der Waals surface area contributed by atoms with Crippen LogP contribution in [0.25, 0.3) is 0 Å². The Bertz CT molecular complexity index is 633. The molecule has 0 aromatic heterocycles. The van der Waals surface area contributed by atoms with E-state index in [1.165, 1.54) is 7.11 Å². The molecule has 0 fully saturated rings. The molecule has 1 aromatic rings. The Balaban J connectivity index is 0.00000729. The number of ether oxygens (including phenoxy) is 3. The van der Waals surface area contributed by atoms with E-state index in [1.807, 2.05) is 6.92 Å². The van der Waals surface area contributed by atoms with Gasteiger partial charge in [-0.25, -0.2) is 4.99 Å². The largest absolute Gasteiger partial charge is 0.490 e. The number of rotatable bonds is 10. The summed E-state index contributed by atoms with van der Waals surface area (Å²) in [5.41, 5.74) is 0.458. The monoisotopic (exact) mass is 515 g/mol. The predicted molar refractivity (Wildman–Crippen MR) is 114 cm³/mol. The van der Waals surface area contributed by atoms with Crippen LogP contribution in [0.2, 0.25) is 0 Å². The average molecular weight is 515 g/mol. The molecule has 0 amide bonds. The third-order valence-corrected chi connectivity index (χ3v) is 3.50. The maximum atomic E-state index is 12.8. The number of alkyl halides is 2. The van der Waals surface area contributed by atoms with Crippen molar-refractivity contribution in [3.05, 3.63) is 23.8 Å². The van der Waals surface area contributed by atoms with Crippen molar-refractivity contribution in [3.63, 3.8) is 0 Å². The first kappa shape index (κ1) is 26.1. The number of hydrogen-bond donors (Lipinski definition) is 2. The van der Waals surface area contributed by atoms with Gasteiger partial charge in [0.25, 0.3) is 0 Å². The summed E-state index contributed by atoms with van der Waals surface area (Å²) < 4.78 is 40.2. The van der Waals surface area contributed by atoms with Crippen molar-refractivity contribution < 1.29 is 27.8 Å². The molecular formula is C18H28F2IN3O4. The molecule has 0 heterocycles. The molecule has 28 heavy (non-hydrogen) atoms. The Morgan fingerprint density at radius 1 is 1.25 bits per heavy atom. The molecule has 10 heteroatoms. The van der Waals surface area contributed by atoms with Gasteiger partial charge in [0.1, 0.15) is 0 Å². The summed E-state index contributed by atoms with van der Waals surface area (Å²) in [5, 5.41) is 6.06. The molecule has 1 rings (SSSR count). The highest BCUT2D eigenvalue weighted by Crippen LogP contribution is 2.33. The van der Waals surface area contributed by atoms with Gasteiger partial charge < -0.3 is 24.8 Å². The fourth-order valence-corrected chi connectivity index (χ4v) is 2.22. The standard InChI is InChI=1S/C18H27F2N3O4.HI/c1-5-21-18(22-10-12(3)16(24)25-4)23-11-13-8-7-9-14(26-6-2)15(13)27-17(19)20;/h7-9,12,17H,5-6,10-11H2,1-4H3,(H2,21,22,23);1H. The van der Waals surface area contributed by atoms with Crippen molar-refractivity contribution >= 4 is 35.9 Å². The summed E-state index contributed by atoms with van der Waals surface area (Å²) in [7, 11) is 1.33. The Labute approximate surface area is 181 Å². The molecule has 0 saturated heterocycles. The lowest BCUT2D eigenvalue weighted by Crippen LogP contribution is -2.40. The SMILES string of the molecule is CCNC(=NCc1cccc(OCC)c1OC(F)F)NCC(C)C(=O)OC.I. The van der Waals surface area contributed by atoms with Crippen LogP contribution in [-0.2, 0) is 16.1 Å². The Morgan fingerprint density at radius 3 is 2.54 bits per heavy atom. The number of nitrogens with zero attached hydrogens (tertiary/aromatic N) is 1. The maximum absolute atomic E-state index is 12.8. The number of hydrogen-bond acceptors (Lipinski definition) is 5. The van der Waals surface area contributed by atoms with Crippen LogP contribution < -0.4 is 20.1 Å². The van der Waals surface area contributed by atoms with Gasteiger partial charge in [-0.3, -0.25) is 4.79 Å². The Morgan fingerprint density at radius 2 is 1.96 bits per heavy atom. The maximum Gasteiger partial charge on any atom is 0.387 e. The number of guanidine groups is 1. The molecule has 0 aliphatic heterocycles. The van der Waals surface area contributed by atoms with Crippen molar-refractivity contribution in [2.45, 2.75) is 33.9 Å². The van der Waals surface area contributed by atoms with Crippen LogP contribution in [-0.4, -0.2) is 45.3 Å². The third kappa shape index (κ3) is 8.89. The second-order valence-corrected chi connectivity index (χ2v) is 5.56. The first-order chi connectivity index (χ1) is 12.9. The van der Waals surface area contributed by atoms with E-state index < -0.39 is 6.61 Å². The zero-order valence-electron chi connectivity index (χ0n) is 16.5. The zero-order chi connectivity index (χ0) is 20.2. The fourth-order valence-electron chi connectivity index (χ4n) is 2.22. The quantitative estimate of drug-likeness (QED) is 0.216. The highest BCUT2D eigenvalue weighted by atomic mass is 127. The highest BCUT2D eigenvalue weighted by Gasteiger charge is 2.16. The zero-order valence-corrected chi connectivity index (χ0v) is 18.8. The topological polar surface area (TPSA) is 81.2 Å². The van der Waals surface area contributed by atoms with Gasteiger partial charge in [0.05, 0.1) is 26.2 Å². The smallest absolute Gasteiger partial charge is 0.387 e. The summed E-state index contributed by atoms with van der Waals surface area (Å²) in [6.07, 6.45) is 0. The number of para-hydroxylation sites is 1. The van der Waals surface area contributed by atoms with Crippen LogP contribution in [0, 0.1) is 5.92 Å². The van der Waals surface area contributed by atoms with Crippen LogP contribution in [0.5, 0.6) is 11.5 Å². The van der Waals surface area contributed by atoms with Crippen LogP contribution in [0.1, 0.15) is 26.3 Å². The van der Waals surface area contributed by atoms with E-state index in [4.69, 9.17) is 4.74 Å². The molecule has 0 radical (unpaired) electrons. The van der Waals surface area contributed by atoms with Crippen LogP contribution in [0.15, 0.2) is 23.2 Å². The van der Waals surface area contributed by atoms with Crippen LogP contribution in [0.4, 0.5) is 8.78 Å². The van der Waals surface area contributed by atoms with Crippen molar-refractivity contribution in [2.24, 2.45) is 10.9 Å². The van der Waals surface area contributed by atoms with E-state index in [9.17, 15) is 13.6 Å². The molecule has 2 N–H and O–H groups in total. The lowest BCUT2D eigenvalue weighted by atomic mass is 10.2. The average Bonchev–Trinajstić information content (AvgIpc) is 2.64. The van der Waals surface area contributed by atoms with Crippen molar-refractivity contribution in [1.29, 1.82) is 0 Å². The van der Waals surface area contributed by atoms with E-state index in [1.54, 1.807) is 32.0 Å². The van der Waals surface area contributed by atoms with Gasteiger partial charge in [0.2, 0.25) is 0 Å². The number of methoxy groups -OCH3 is 1. The van der Waals surface area contributed by atoms with Gasteiger partial charge >= 0.3 is 12.6 Å². The van der Waals surface area contributed by atoms with Crippen molar-refractivity contribution in [1.82, 2.24) is 10.6 Å². The first-order valence-corrected chi connectivity index (χ1v) is 8.72. The summed E-state index contributed by atoms with van der Waals surface area (Å²) in [4.78, 5) is 15.9. The molecule has 1 aromatic carbocycles. The summed E-state index contributed by atoms with van der Waals surface area (Å²) >= 11 is 0. The molecule has 160 valence electrons. The van der Waals surface area contributed by atoms with Gasteiger partial charge in [-0.05, 0) is 19.9 Å². The second kappa shape index (κ2) is 14.2. The van der Waals surface area contributed by atoms with Gasteiger partial charge in [-0.2, -0.15) is 8.78 Å². The molecular weight excluding hydrogens is 487 g/mol. The Hall–Kier alpha value is -1.85. The third-order valence-electron chi connectivity index (χ3n) is 3.50. The van der Waals surface area contributed by atoms with Gasteiger partial charge in [0, 0.05) is 18.7 Å².